The number of hydrogen-bond donors (Lipinski definition) is 2. The molecule has 0 saturated heterocycles. The van der Waals surface area contributed by atoms with E-state index in [2.05, 4.69) is 33.3 Å². The molecule has 1 aromatic heterocycles. The quantitative estimate of drug-likeness (QED) is 0.814. The number of rotatable bonds is 7. The van der Waals surface area contributed by atoms with Crippen LogP contribution in [0.4, 0.5) is 0 Å². The fourth-order valence-corrected chi connectivity index (χ4v) is 2.41. The Labute approximate surface area is 127 Å². The van der Waals surface area contributed by atoms with Crippen LogP contribution in [0.15, 0.2) is 47.2 Å². The second kappa shape index (κ2) is 7.57. The van der Waals surface area contributed by atoms with E-state index >= 15 is 0 Å². The average molecular weight is 338 g/mol. The molecule has 0 amide bonds. The van der Waals surface area contributed by atoms with Gasteiger partial charge in [-0.1, -0.05) is 30.3 Å². The maximum absolute atomic E-state index is 10.0. The molecule has 0 bridgehead atoms. The van der Waals surface area contributed by atoms with Crippen LogP contribution in [-0.2, 0) is 13.0 Å². The minimum absolute atomic E-state index is 0.257. The summed E-state index contributed by atoms with van der Waals surface area (Å²) >= 11 is 3.38. The molecule has 2 N–H and O–H groups in total. The Hall–Kier alpha value is -1.17. The van der Waals surface area contributed by atoms with Gasteiger partial charge in [-0.15, -0.1) is 0 Å². The van der Waals surface area contributed by atoms with Crippen molar-refractivity contribution in [3.63, 3.8) is 0 Å². The molecule has 20 heavy (non-hydrogen) atoms. The largest absolute Gasteiger partial charge is 0.391 e. The van der Waals surface area contributed by atoms with Gasteiger partial charge in [0.15, 0.2) is 0 Å². The Morgan fingerprint density at radius 2 is 2.10 bits per heavy atom. The van der Waals surface area contributed by atoms with E-state index in [1.807, 2.05) is 41.2 Å². The average Bonchev–Trinajstić information content (AvgIpc) is 2.83. The van der Waals surface area contributed by atoms with Gasteiger partial charge in [-0.05, 0) is 34.8 Å². The molecule has 2 atom stereocenters. The van der Waals surface area contributed by atoms with Gasteiger partial charge in [0.05, 0.1) is 23.3 Å². The van der Waals surface area contributed by atoms with Crippen molar-refractivity contribution < 1.29 is 5.11 Å². The number of hydrogen-bond acceptors (Lipinski definition) is 3. The predicted molar refractivity (Wildman–Crippen MR) is 83.5 cm³/mol. The molecule has 108 valence electrons. The Bertz CT molecular complexity index is 515. The van der Waals surface area contributed by atoms with Crippen molar-refractivity contribution in [3.8, 4) is 0 Å². The smallest absolute Gasteiger partial charge is 0.0704 e. The van der Waals surface area contributed by atoms with Crippen molar-refractivity contribution in [1.29, 1.82) is 0 Å². The standard InChI is InChI=1S/C15H20BrN3O/c1-12(10-19-11-14(16)8-18-19)17-9-15(20)7-13-5-3-2-4-6-13/h2-6,8,11-12,15,17,20H,7,9-10H2,1H3/t12-,15-/m1/s1. The number of benzene rings is 1. The summed E-state index contributed by atoms with van der Waals surface area (Å²) in [6.07, 6.45) is 4.02. The van der Waals surface area contributed by atoms with Crippen LogP contribution in [0.5, 0.6) is 0 Å². The van der Waals surface area contributed by atoms with E-state index in [1.54, 1.807) is 6.20 Å². The molecule has 1 aromatic carbocycles. The number of nitrogens with one attached hydrogen (secondary N) is 1. The predicted octanol–water partition coefficient (Wildman–Crippen LogP) is 2.23. The van der Waals surface area contributed by atoms with Crippen molar-refractivity contribution in [2.24, 2.45) is 0 Å². The summed E-state index contributed by atoms with van der Waals surface area (Å²) in [5.41, 5.74) is 1.16. The second-order valence-corrected chi connectivity index (χ2v) is 5.95. The third-order valence-electron chi connectivity index (χ3n) is 3.08. The van der Waals surface area contributed by atoms with Crippen molar-refractivity contribution in [2.45, 2.75) is 32.0 Å². The molecule has 0 aliphatic heterocycles. The number of aliphatic hydroxyl groups excluding tert-OH is 1. The number of nitrogens with zero attached hydrogens (tertiary/aromatic N) is 2. The molecule has 0 radical (unpaired) electrons. The van der Waals surface area contributed by atoms with E-state index in [1.165, 1.54) is 0 Å². The first kappa shape index (κ1) is 15.2. The van der Waals surface area contributed by atoms with Gasteiger partial charge in [0.25, 0.3) is 0 Å². The lowest BCUT2D eigenvalue weighted by molar-refractivity contribution is 0.166. The monoisotopic (exact) mass is 337 g/mol. The molecule has 2 rings (SSSR count). The molecule has 4 nitrogen and oxygen atoms in total. The zero-order valence-corrected chi connectivity index (χ0v) is 13.1. The van der Waals surface area contributed by atoms with E-state index in [4.69, 9.17) is 0 Å². The topological polar surface area (TPSA) is 50.1 Å². The minimum Gasteiger partial charge on any atom is -0.391 e. The lowest BCUT2D eigenvalue weighted by atomic mass is 10.1. The molecule has 2 aromatic rings. The van der Waals surface area contributed by atoms with Gasteiger partial charge in [0.1, 0.15) is 0 Å². The van der Waals surface area contributed by atoms with E-state index in [9.17, 15) is 5.11 Å². The zero-order valence-electron chi connectivity index (χ0n) is 11.5. The molecule has 0 aliphatic rings. The van der Waals surface area contributed by atoms with Crippen molar-refractivity contribution in [2.75, 3.05) is 6.54 Å². The van der Waals surface area contributed by atoms with Crippen molar-refractivity contribution in [3.05, 3.63) is 52.8 Å². The second-order valence-electron chi connectivity index (χ2n) is 5.03. The van der Waals surface area contributed by atoms with Crippen LogP contribution in [0.1, 0.15) is 12.5 Å². The summed E-state index contributed by atoms with van der Waals surface area (Å²) in [5.74, 6) is 0. The van der Waals surface area contributed by atoms with E-state index < -0.39 is 0 Å². The summed E-state index contributed by atoms with van der Waals surface area (Å²) in [7, 11) is 0. The molecule has 0 unspecified atom stereocenters. The molecule has 5 heteroatoms. The van der Waals surface area contributed by atoms with Gasteiger partial charge in [-0.3, -0.25) is 4.68 Å². The Morgan fingerprint density at radius 3 is 2.75 bits per heavy atom. The lowest BCUT2D eigenvalue weighted by Crippen LogP contribution is -2.37. The summed E-state index contributed by atoms with van der Waals surface area (Å²) in [6.45, 7) is 3.45. The van der Waals surface area contributed by atoms with Crippen molar-refractivity contribution in [1.82, 2.24) is 15.1 Å². The summed E-state index contributed by atoms with van der Waals surface area (Å²) in [6, 6.07) is 10.3. The molecular formula is C15H20BrN3O. The first-order chi connectivity index (χ1) is 9.63. The van der Waals surface area contributed by atoms with Crippen LogP contribution >= 0.6 is 15.9 Å². The highest BCUT2D eigenvalue weighted by molar-refractivity contribution is 9.10. The SMILES string of the molecule is C[C@H](Cn1cc(Br)cn1)NC[C@H](O)Cc1ccccc1. The van der Waals surface area contributed by atoms with Gasteiger partial charge in [0.2, 0.25) is 0 Å². The maximum Gasteiger partial charge on any atom is 0.0704 e. The lowest BCUT2D eigenvalue weighted by Gasteiger charge is -2.17. The molecular weight excluding hydrogens is 318 g/mol. The van der Waals surface area contributed by atoms with Crippen LogP contribution in [0.3, 0.4) is 0 Å². The van der Waals surface area contributed by atoms with Crippen LogP contribution in [0, 0.1) is 0 Å². The number of halogens is 1. The highest BCUT2D eigenvalue weighted by Crippen LogP contribution is 2.07. The molecule has 0 fully saturated rings. The van der Waals surface area contributed by atoms with Gasteiger partial charge >= 0.3 is 0 Å². The minimum atomic E-state index is -0.371. The third kappa shape index (κ3) is 5.07. The van der Waals surface area contributed by atoms with Gasteiger partial charge in [-0.2, -0.15) is 5.10 Å². The zero-order chi connectivity index (χ0) is 14.4. The highest BCUT2D eigenvalue weighted by atomic mass is 79.9. The van der Waals surface area contributed by atoms with Crippen LogP contribution in [0.2, 0.25) is 0 Å². The van der Waals surface area contributed by atoms with E-state index in [0.29, 0.717) is 13.0 Å². The summed E-state index contributed by atoms with van der Waals surface area (Å²) in [5, 5.41) is 17.6. The molecule has 0 saturated carbocycles. The molecule has 0 aliphatic carbocycles. The fourth-order valence-electron chi connectivity index (χ4n) is 2.08. The van der Waals surface area contributed by atoms with Crippen LogP contribution in [-0.4, -0.2) is 33.6 Å². The number of aromatic nitrogens is 2. The van der Waals surface area contributed by atoms with Crippen LogP contribution in [0.25, 0.3) is 0 Å². The maximum atomic E-state index is 10.0. The molecule has 0 spiro atoms. The van der Waals surface area contributed by atoms with Crippen LogP contribution < -0.4 is 5.32 Å². The fraction of sp³-hybridized carbons (Fsp3) is 0.400. The summed E-state index contributed by atoms with van der Waals surface area (Å²) < 4.78 is 2.86. The van der Waals surface area contributed by atoms with E-state index in [0.717, 1.165) is 16.6 Å². The number of aliphatic hydroxyl groups is 1. The third-order valence-corrected chi connectivity index (χ3v) is 3.49. The van der Waals surface area contributed by atoms with Crippen molar-refractivity contribution >= 4 is 15.9 Å². The normalized spacial score (nSPS) is 14.2. The van der Waals surface area contributed by atoms with E-state index in [-0.39, 0.29) is 12.1 Å². The van der Waals surface area contributed by atoms with Gasteiger partial charge in [-0.25, -0.2) is 0 Å². The van der Waals surface area contributed by atoms with Gasteiger partial charge in [0, 0.05) is 18.8 Å². The molecule has 1 heterocycles. The Kier molecular flexibility index (Phi) is 5.76. The Balaban J connectivity index is 1.71. The summed E-state index contributed by atoms with van der Waals surface area (Å²) in [4.78, 5) is 0. The highest BCUT2D eigenvalue weighted by Gasteiger charge is 2.09. The first-order valence-corrected chi connectivity index (χ1v) is 7.56. The first-order valence-electron chi connectivity index (χ1n) is 6.77. The van der Waals surface area contributed by atoms with Gasteiger partial charge < -0.3 is 10.4 Å². The Morgan fingerprint density at radius 1 is 1.35 bits per heavy atom.